The Kier molecular flexibility index (Phi) is 11.1. The van der Waals surface area contributed by atoms with Crippen LogP contribution in [0.25, 0.3) is 5.57 Å². The van der Waals surface area contributed by atoms with Crippen molar-refractivity contribution in [3.8, 4) is 0 Å². The van der Waals surface area contributed by atoms with Crippen molar-refractivity contribution >= 4 is 24.2 Å². The molecule has 4 heteroatoms. The molecule has 0 bridgehead atoms. The van der Waals surface area contributed by atoms with Crippen molar-refractivity contribution in [2.45, 2.75) is 13.0 Å². The summed E-state index contributed by atoms with van der Waals surface area (Å²) in [5.74, 6) is 0. The predicted molar refractivity (Wildman–Crippen MR) is 91.1 cm³/mol. The van der Waals surface area contributed by atoms with Gasteiger partial charge in [0, 0.05) is 0 Å². The summed E-state index contributed by atoms with van der Waals surface area (Å²) in [7, 11) is 9.78. The molecule has 22 heavy (non-hydrogen) atoms. The molecule has 0 saturated heterocycles. The zero-order chi connectivity index (χ0) is 16.0. The fourth-order valence-corrected chi connectivity index (χ4v) is 1.82. The second-order valence-corrected chi connectivity index (χ2v) is 6.89. The van der Waals surface area contributed by atoms with Gasteiger partial charge in [-0.05, 0) is 12.0 Å². The molecule has 0 amide bonds. The summed E-state index contributed by atoms with van der Waals surface area (Å²) in [6.45, 7) is 0.140. The number of benzene rings is 2. The molecule has 3 rings (SSSR count). The molecule has 0 atom stereocenters. The molecule has 1 N–H and O–H groups in total. The molecular weight excluding hydrogens is 351 g/mol. The van der Waals surface area contributed by atoms with E-state index in [2.05, 4.69) is 30.4 Å². The van der Waals surface area contributed by atoms with Crippen LogP contribution in [-0.4, -0.2) is 5.11 Å². The summed E-state index contributed by atoms with van der Waals surface area (Å²) in [4.78, 5) is 0. The van der Waals surface area contributed by atoms with Crippen molar-refractivity contribution in [2.24, 2.45) is 0 Å². The minimum absolute atomic E-state index is 0.140. The van der Waals surface area contributed by atoms with E-state index in [4.69, 9.17) is 23.7 Å². The first-order chi connectivity index (χ1) is 10.8. The molecule has 0 unspecified atom stereocenters. The van der Waals surface area contributed by atoms with Gasteiger partial charge in [-0.1, -0.05) is 42.5 Å². The number of hydrogen-bond acceptors (Lipinski definition) is 1. The Morgan fingerprint density at radius 2 is 1.73 bits per heavy atom. The Balaban J connectivity index is 0.000000194. The van der Waals surface area contributed by atoms with Crippen LogP contribution in [0, 0.1) is 6.07 Å². The van der Waals surface area contributed by atoms with E-state index in [9.17, 15) is 0 Å². The first-order valence-electron chi connectivity index (χ1n) is 6.75. The predicted octanol–water partition coefficient (Wildman–Crippen LogP) is 5.39. The third-order valence-electron chi connectivity index (χ3n) is 2.85. The number of halogens is 2. The van der Waals surface area contributed by atoms with Crippen molar-refractivity contribution in [1.29, 1.82) is 0 Å². The third kappa shape index (κ3) is 7.98. The Labute approximate surface area is 149 Å². The average molecular weight is 368 g/mol. The first-order valence-corrected chi connectivity index (χ1v) is 11.1. The minimum Gasteiger partial charge on any atom is -0.147 e. The summed E-state index contributed by atoms with van der Waals surface area (Å²) in [5, 5.41) is 8.54. The van der Waals surface area contributed by atoms with Crippen LogP contribution in [0.4, 0.5) is 0 Å². The molecule has 1 aliphatic rings. The van der Waals surface area contributed by atoms with E-state index in [1.165, 1.54) is 11.1 Å². The maximum atomic E-state index is 8.54. The van der Waals surface area contributed by atoms with E-state index in [1.807, 2.05) is 48.5 Å². The molecule has 0 aromatic heterocycles. The second-order valence-electron chi connectivity index (χ2n) is 4.32. The summed E-state index contributed by atoms with van der Waals surface area (Å²) in [6.07, 6.45) is 7.46. The fourth-order valence-electron chi connectivity index (χ4n) is 1.82. The molecule has 0 radical (unpaired) electrons. The van der Waals surface area contributed by atoms with E-state index in [0.29, 0.717) is 0 Å². The van der Waals surface area contributed by atoms with E-state index >= 15 is 0 Å². The zero-order valence-corrected chi connectivity index (χ0v) is 15.1. The quantitative estimate of drug-likeness (QED) is 0.557. The Hall–Kier alpha value is -0.826. The normalized spacial score (nSPS) is 11.5. The number of aliphatic hydroxyl groups excluding tert-OH is 1. The van der Waals surface area contributed by atoms with Gasteiger partial charge >= 0.3 is 35.6 Å². The van der Waals surface area contributed by atoms with Gasteiger partial charge in [0.1, 0.15) is 0 Å². The van der Waals surface area contributed by atoms with Gasteiger partial charge < -0.3 is 5.11 Å². The van der Waals surface area contributed by atoms with Gasteiger partial charge in [0.15, 0.2) is 0 Å². The van der Waals surface area contributed by atoms with E-state index < -0.39 is 17.0 Å². The van der Waals surface area contributed by atoms with Gasteiger partial charge in [-0.25, -0.2) is 0 Å². The van der Waals surface area contributed by atoms with Crippen molar-refractivity contribution in [1.82, 2.24) is 0 Å². The third-order valence-corrected chi connectivity index (χ3v) is 2.85. The number of rotatable bonds is 2. The van der Waals surface area contributed by atoms with Gasteiger partial charge in [-0.15, -0.1) is 47.5 Å². The molecule has 2 aromatic carbocycles. The molecule has 114 valence electrons. The van der Waals surface area contributed by atoms with Gasteiger partial charge in [0.25, 0.3) is 0 Å². The van der Waals surface area contributed by atoms with Crippen LogP contribution < -0.4 is 0 Å². The molecule has 2 aromatic rings. The maximum Gasteiger partial charge on any atom is -0.0434 e. The molecule has 0 fully saturated rings. The van der Waals surface area contributed by atoms with E-state index in [0.717, 1.165) is 12.0 Å². The van der Waals surface area contributed by atoms with Crippen molar-refractivity contribution in [3.63, 3.8) is 0 Å². The van der Waals surface area contributed by atoms with Crippen LogP contribution in [0.2, 0.25) is 0 Å². The number of allylic oxidation sites excluding steroid dienone is 4. The van der Waals surface area contributed by atoms with Crippen molar-refractivity contribution in [3.05, 3.63) is 90.0 Å². The molecule has 1 nitrogen and oxygen atoms in total. The number of aliphatic hydroxyl groups is 1. The molecule has 0 aliphatic heterocycles. The molecular formula is C18H17Cl2OTi-. The Morgan fingerprint density at radius 1 is 1.05 bits per heavy atom. The van der Waals surface area contributed by atoms with Crippen LogP contribution in [0.15, 0.2) is 72.8 Å². The van der Waals surface area contributed by atoms with Gasteiger partial charge in [0.2, 0.25) is 0 Å². The summed E-state index contributed by atoms with van der Waals surface area (Å²) < 4.78 is 0. The van der Waals surface area contributed by atoms with E-state index in [-0.39, 0.29) is 6.61 Å². The van der Waals surface area contributed by atoms with Crippen LogP contribution >= 0.6 is 18.6 Å². The summed E-state index contributed by atoms with van der Waals surface area (Å²) in [6, 6.07) is 20.8. The molecule has 0 heterocycles. The fraction of sp³-hybridized carbons (Fsp3) is 0.111. The van der Waals surface area contributed by atoms with Crippen molar-refractivity contribution < 1.29 is 22.1 Å². The molecule has 1 aliphatic carbocycles. The summed E-state index contributed by atoms with van der Waals surface area (Å²) >= 11 is -0.556. The Morgan fingerprint density at radius 3 is 2.18 bits per heavy atom. The average Bonchev–Trinajstić information content (AvgIpc) is 3.12. The maximum absolute atomic E-state index is 8.54. The topological polar surface area (TPSA) is 20.2 Å². The molecule has 0 saturated carbocycles. The Bertz CT molecular complexity index is 568. The summed E-state index contributed by atoms with van der Waals surface area (Å²) in [5.41, 5.74) is 3.55. The minimum atomic E-state index is -0.556. The smallest absolute Gasteiger partial charge is 0.0434 e. The first kappa shape index (κ1) is 19.2. The van der Waals surface area contributed by atoms with Crippen LogP contribution in [-0.2, 0) is 23.6 Å². The zero-order valence-electron chi connectivity index (χ0n) is 12.0. The second kappa shape index (κ2) is 12.7. The largest absolute Gasteiger partial charge is 0.147 e. The van der Waals surface area contributed by atoms with Crippen LogP contribution in [0.3, 0.4) is 0 Å². The van der Waals surface area contributed by atoms with Crippen molar-refractivity contribution in [2.75, 3.05) is 0 Å². The standard InChI is InChI=1S/C11H9.C7H8O.2ClH.Ti/c1-2-6-10(7-3-1)11-8-4-5-9-11;8-6-7-4-2-1-3-5-7;;;/h1-6,8H,9H2;1-5,8H,6H2;2*1H;/q-1;;;;+2/p-2. The van der Waals surface area contributed by atoms with Gasteiger partial charge in [0.05, 0.1) is 6.61 Å². The van der Waals surface area contributed by atoms with Crippen LogP contribution in [0.5, 0.6) is 0 Å². The SMILES string of the molecule is OCc1ccccc1.[Cl][Ti][Cl].[c-]1ccccc1C1=CC=CC1. The van der Waals surface area contributed by atoms with E-state index in [1.54, 1.807) is 0 Å². The van der Waals surface area contributed by atoms with Gasteiger partial charge in [-0.2, -0.15) is 0 Å². The van der Waals surface area contributed by atoms with Gasteiger partial charge in [-0.3, -0.25) is 0 Å². The molecule has 0 spiro atoms. The van der Waals surface area contributed by atoms with Crippen LogP contribution in [0.1, 0.15) is 17.5 Å². The number of hydrogen-bond donors (Lipinski definition) is 1. The monoisotopic (exact) mass is 367 g/mol.